The fourth-order valence-electron chi connectivity index (χ4n) is 3.23. The number of carbonyl (C=O) groups is 1. The zero-order valence-electron chi connectivity index (χ0n) is 15.4. The molecule has 1 fully saturated rings. The average Bonchev–Trinajstić information content (AvgIpc) is 3.17. The molecule has 0 saturated carbocycles. The highest BCUT2D eigenvalue weighted by atomic mass is 16.5. The van der Waals surface area contributed by atoms with Gasteiger partial charge in [0.05, 0.1) is 19.8 Å². The Morgan fingerprint density at radius 3 is 2.69 bits per heavy atom. The Morgan fingerprint density at radius 1 is 1.27 bits per heavy atom. The second-order valence-electron chi connectivity index (χ2n) is 6.17. The molecule has 1 aromatic carbocycles. The number of hydrogen-bond donors (Lipinski definition) is 1. The van der Waals surface area contributed by atoms with Crippen molar-refractivity contribution in [2.24, 2.45) is 0 Å². The molecule has 0 unspecified atom stereocenters. The summed E-state index contributed by atoms with van der Waals surface area (Å²) < 4.78 is 10.8. The van der Waals surface area contributed by atoms with Crippen LogP contribution < -0.4 is 14.8 Å². The minimum absolute atomic E-state index is 0.0441. The van der Waals surface area contributed by atoms with E-state index in [2.05, 4.69) is 15.3 Å². The Bertz CT molecular complexity index is 764. The van der Waals surface area contributed by atoms with E-state index in [1.165, 1.54) is 0 Å². The molecule has 2 heterocycles. The molecule has 7 nitrogen and oxygen atoms in total. The van der Waals surface area contributed by atoms with Gasteiger partial charge in [-0.3, -0.25) is 4.79 Å². The molecule has 3 rings (SSSR count). The van der Waals surface area contributed by atoms with E-state index in [0.717, 1.165) is 30.0 Å². The van der Waals surface area contributed by atoms with Gasteiger partial charge >= 0.3 is 0 Å². The van der Waals surface area contributed by atoms with Gasteiger partial charge in [-0.25, -0.2) is 9.97 Å². The fraction of sp³-hybridized carbons (Fsp3) is 0.421. The molecule has 2 aromatic rings. The second kappa shape index (κ2) is 8.03. The van der Waals surface area contributed by atoms with Gasteiger partial charge in [-0.1, -0.05) is 0 Å². The predicted octanol–water partition coefficient (Wildman–Crippen LogP) is 2.56. The Balaban J connectivity index is 1.73. The van der Waals surface area contributed by atoms with Gasteiger partial charge in [0.15, 0.2) is 0 Å². The first kappa shape index (κ1) is 18.0. The fourth-order valence-corrected chi connectivity index (χ4v) is 3.23. The van der Waals surface area contributed by atoms with Gasteiger partial charge in [-0.2, -0.15) is 0 Å². The quantitative estimate of drug-likeness (QED) is 0.857. The highest BCUT2D eigenvalue weighted by molar-refractivity contribution is 5.94. The number of amides is 1. The average molecular weight is 356 g/mol. The summed E-state index contributed by atoms with van der Waals surface area (Å²) in [5.74, 6) is 2.31. The van der Waals surface area contributed by atoms with Crippen molar-refractivity contribution >= 4 is 11.9 Å². The Morgan fingerprint density at radius 2 is 2.04 bits per heavy atom. The molecule has 138 valence electrons. The van der Waals surface area contributed by atoms with E-state index in [1.54, 1.807) is 26.6 Å². The van der Waals surface area contributed by atoms with E-state index in [4.69, 9.17) is 9.47 Å². The molecule has 0 radical (unpaired) electrons. The summed E-state index contributed by atoms with van der Waals surface area (Å²) in [7, 11) is 3.31. The maximum Gasteiger partial charge on any atom is 0.257 e. The first-order chi connectivity index (χ1) is 12.7. The SMILES string of the molecule is CCNc1ncc(C(=O)N2CC[C@H](c3cc(OC)ccc3OC)C2)cn1. The molecule has 1 aliphatic rings. The lowest BCUT2D eigenvalue weighted by Gasteiger charge is -2.18. The highest BCUT2D eigenvalue weighted by Gasteiger charge is 2.30. The van der Waals surface area contributed by atoms with Crippen molar-refractivity contribution in [1.82, 2.24) is 14.9 Å². The van der Waals surface area contributed by atoms with Crippen molar-refractivity contribution in [3.8, 4) is 11.5 Å². The molecule has 7 heteroatoms. The molecule has 26 heavy (non-hydrogen) atoms. The number of methoxy groups -OCH3 is 2. The minimum Gasteiger partial charge on any atom is -0.497 e. The number of rotatable bonds is 6. The summed E-state index contributed by atoms with van der Waals surface area (Å²) in [6.07, 6.45) is 4.03. The number of benzene rings is 1. The minimum atomic E-state index is -0.0441. The molecular formula is C19H24N4O3. The van der Waals surface area contributed by atoms with Crippen LogP contribution in [0.2, 0.25) is 0 Å². The summed E-state index contributed by atoms with van der Waals surface area (Å²) in [5, 5.41) is 3.02. The molecule has 1 N–H and O–H groups in total. The Labute approximate surface area is 153 Å². The lowest BCUT2D eigenvalue weighted by Crippen LogP contribution is -2.28. The number of likely N-dealkylation sites (tertiary alicyclic amines) is 1. The second-order valence-corrected chi connectivity index (χ2v) is 6.17. The topological polar surface area (TPSA) is 76.6 Å². The van der Waals surface area contributed by atoms with E-state index in [1.807, 2.05) is 30.0 Å². The summed E-state index contributed by atoms with van der Waals surface area (Å²) in [6, 6.07) is 5.78. The molecule has 1 aromatic heterocycles. The van der Waals surface area contributed by atoms with Gasteiger partial charge < -0.3 is 19.7 Å². The molecular weight excluding hydrogens is 332 g/mol. The van der Waals surface area contributed by atoms with E-state index >= 15 is 0 Å². The Hall–Kier alpha value is -2.83. The number of carbonyl (C=O) groups excluding carboxylic acids is 1. The smallest absolute Gasteiger partial charge is 0.257 e. The van der Waals surface area contributed by atoms with Crippen molar-refractivity contribution in [1.29, 1.82) is 0 Å². The van der Waals surface area contributed by atoms with E-state index in [-0.39, 0.29) is 11.8 Å². The number of nitrogens with one attached hydrogen (secondary N) is 1. The number of hydrogen-bond acceptors (Lipinski definition) is 6. The molecule has 0 bridgehead atoms. The monoisotopic (exact) mass is 356 g/mol. The van der Waals surface area contributed by atoms with Crippen LogP contribution >= 0.6 is 0 Å². The summed E-state index contributed by atoms with van der Waals surface area (Å²) in [5.41, 5.74) is 1.57. The van der Waals surface area contributed by atoms with Crippen molar-refractivity contribution < 1.29 is 14.3 Å². The standard InChI is InChI=1S/C19H24N4O3/c1-4-20-19-21-10-14(11-22-19)18(24)23-8-7-13(12-23)16-9-15(25-2)5-6-17(16)26-3/h5-6,9-11,13H,4,7-8,12H2,1-3H3,(H,20,21,22)/t13-/m0/s1. The van der Waals surface area contributed by atoms with E-state index in [9.17, 15) is 4.79 Å². The first-order valence-electron chi connectivity index (χ1n) is 8.73. The molecule has 1 atom stereocenters. The first-order valence-corrected chi connectivity index (χ1v) is 8.73. The highest BCUT2D eigenvalue weighted by Crippen LogP contribution is 2.36. The molecule has 1 saturated heterocycles. The van der Waals surface area contributed by atoms with Gasteiger partial charge in [-0.05, 0) is 31.5 Å². The van der Waals surface area contributed by atoms with Crippen LogP contribution in [-0.2, 0) is 0 Å². The third kappa shape index (κ3) is 3.71. The van der Waals surface area contributed by atoms with E-state index in [0.29, 0.717) is 24.6 Å². The molecule has 1 amide bonds. The van der Waals surface area contributed by atoms with Gasteiger partial charge in [-0.15, -0.1) is 0 Å². The predicted molar refractivity (Wildman–Crippen MR) is 99.0 cm³/mol. The largest absolute Gasteiger partial charge is 0.497 e. The van der Waals surface area contributed by atoms with Gasteiger partial charge in [0.25, 0.3) is 5.91 Å². The van der Waals surface area contributed by atoms with Crippen LogP contribution in [0.15, 0.2) is 30.6 Å². The maximum atomic E-state index is 12.7. The van der Waals surface area contributed by atoms with Crippen LogP contribution in [0.25, 0.3) is 0 Å². The number of aromatic nitrogens is 2. The number of ether oxygens (including phenoxy) is 2. The normalized spacial score (nSPS) is 16.4. The van der Waals surface area contributed by atoms with Crippen LogP contribution in [0.1, 0.15) is 35.2 Å². The lowest BCUT2D eigenvalue weighted by atomic mass is 9.97. The van der Waals surface area contributed by atoms with Crippen LogP contribution in [0.3, 0.4) is 0 Å². The zero-order valence-corrected chi connectivity index (χ0v) is 15.4. The third-order valence-electron chi connectivity index (χ3n) is 4.59. The van der Waals surface area contributed by atoms with Crippen molar-refractivity contribution in [3.05, 3.63) is 41.7 Å². The van der Waals surface area contributed by atoms with Crippen LogP contribution in [0.4, 0.5) is 5.95 Å². The molecule has 0 spiro atoms. The molecule has 1 aliphatic heterocycles. The molecule has 0 aliphatic carbocycles. The van der Waals surface area contributed by atoms with Crippen LogP contribution in [-0.4, -0.2) is 54.6 Å². The van der Waals surface area contributed by atoms with Crippen molar-refractivity contribution in [3.63, 3.8) is 0 Å². The summed E-state index contributed by atoms with van der Waals surface area (Å²) in [4.78, 5) is 22.9. The Kier molecular flexibility index (Phi) is 5.55. The third-order valence-corrected chi connectivity index (χ3v) is 4.59. The zero-order chi connectivity index (χ0) is 18.5. The van der Waals surface area contributed by atoms with Gasteiger partial charge in [0, 0.05) is 43.5 Å². The van der Waals surface area contributed by atoms with Crippen molar-refractivity contribution in [2.75, 3.05) is 39.2 Å². The maximum absolute atomic E-state index is 12.7. The van der Waals surface area contributed by atoms with Crippen LogP contribution in [0.5, 0.6) is 11.5 Å². The number of nitrogens with zero attached hydrogens (tertiary/aromatic N) is 3. The summed E-state index contributed by atoms with van der Waals surface area (Å²) >= 11 is 0. The lowest BCUT2D eigenvalue weighted by molar-refractivity contribution is 0.0790. The summed E-state index contributed by atoms with van der Waals surface area (Å²) in [6.45, 7) is 4.04. The number of anilines is 1. The van der Waals surface area contributed by atoms with Gasteiger partial charge in [0.2, 0.25) is 5.95 Å². The van der Waals surface area contributed by atoms with Gasteiger partial charge in [0.1, 0.15) is 11.5 Å². The van der Waals surface area contributed by atoms with E-state index < -0.39 is 0 Å². The van der Waals surface area contributed by atoms with Crippen LogP contribution in [0, 0.1) is 0 Å². The van der Waals surface area contributed by atoms with Crippen molar-refractivity contribution in [2.45, 2.75) is 19.3 Å².